The van der Waals surface area contributed by atoms with Crippen molar-refractivity contribution in [2.24, 2.45) is 0 Å². The first-order valence-corrected chi connectivity index (χ1v) is 7.22. The number of allylic oxidation sites excluding steroid dienone is 2. The van der Waals surface area contributed by atoms with Crippen LogP contribution in [0, 0.1) is 0 Å². The summed E-state index contributed by atoms with van der Waals surface area (Å²) in [7, 11) is 4.88. The molecule has 22 heavy (non-hydrogen) atoms. The van der Waals surface area contributed by atoms with Crippen LogP contribution in [0.25, 0.3) is 0 Å². The fraction of sp³-hybridized carbons (Fsp3) is 0.263. The number of ether oxygens (including phenoxy) is 3. The normalized spacial score (nSPS) is 12.2. The zero-order valence-electron chi connectivity index (χ0n) is 13.5. The lowest BCUT2D eigenvalue weighted by Crippen LogP contribution is -2.01. The fourth-order valence-electron chi connectivity index (χ4n) is 2.55. The lowest BCUT2D eigenvalue weighted by Gasteiger charge is -2.19. The van der Waals surface area contributed by atoms with Crippen LogP contribution in [0.2, 0.25) is 0 Å². The van der Waals surface area contributed by atoms with Gasteiger partial charge < -0.3 is 14.2 Å². The third kappa shape index (κ3) is 3.25. The van der Waals surface area contributed by atoms with Crippen LogP contribution in [0.1, 0.15) is 24.0 Å². The number of methoxy groups -OCH3 is 3. The van der Waals surface area contributed by atoms with Crippen LogP contribution >= 0.6 is 0 Å². The van der Waals surface area contributed by atoms with Crippen molar-refractivity contribution in [3.63, 3.8) is 0 Å². The summed E-state index contributed by atoms with van der Waals surface area (Å²) in [6.07, 6.45) is 4.22. The predicted octanol–water partition coefficient (Wildman–Crippen LogP) is 4.42. The van der Waals surface area contributed by atoms with Gasteiger partial charge in [-0.2, -0.15) is 0 Å². The maximum Gasteiger partial charge on any atom is 0.203 e. The maximum absolute atomic E-state index is 5.45. The number of rotatable bonds is 6. The molecule has 0 aliphatic carbocycles. The molecule has 0 saturated heterocycles. The molecule has 3 heteroatoms. The van der Waals surface area contributed by atoms with Crippen LogP contribution in [0.4, 0.5) is 0 Å². The van der Waals surface area contributed by atoms with E-state index in [1.54, 1.807) is 21.3 Å². The van der Waals surface area contributed by atoms with Crippen molar-refractivity contribution in [3.8, 4) is 17.2 Å². The molecule has 1 atom stereocenters. The van der Waals surface area contributed by atoms with E-state index in [4.69, 9.17) is 14.2 Å². The molecule has 3 nitrogen and oxygen atoms in total. The quantitative estimate of drug-likeness (QED) is 0.739. The molecule has 0 bridgehead atoms. The minimum Gasteiger partial charge on any atom is -0.493 e. The Morgan fingerprint density at radius 3 is 1.86 bits per heavy atom. The highest BCUT2D eigenvalue weighted by atomic mass is 16.5. The zero-order valence-corrected chi connectivity index (χ0v) is 13.5. The average molecular weight is 298 g/mol. The first-order valence-electron chi connectivity index (χ1n) is 7.22. The van der Waals surface area contributed by atoms with E-state index in [-0.39, 0.29) is 5.92 Å². The second-order valence-electron chi connectivity index (χ2n) is 4.87. The van der Waals surface area contributed by atoms with Crippen LogP contribution in [0.5, 0.6) is 17.2 Å². The van der Waals surface area contributed by atoms with Gasteiger partial charge in [-0.1, -0.05) is 42.5 Å². The van der Waals surface area contributed by atoms with Crippen molar-refractivity contribution in [1.29, 1.82) is 0 Å². The predicted molar refractivity (Wildman–Crippen MR) is 89.2 cm³/mol. The molecule has 0 aromatic heterocycles. The largest absolute Gasteiger partial charge is 0.493 e. The molecule has 1 unspecified atom stereocenters. The monoisotopic (exact) mass is 298 g/mol. The van der Waals surface area contributed by atoms with Crippen molar-refractivity contribution in [3.05, 3.63) is 65.7 Å². The van der Waals surface area contributed by atoms with Gasteiger partial charge in [-0.25, -0.2) is 0 Å². The van der Waals surface area contributed by atoms with E-state index in [2.05, 4.69) is 24.3 Å². The van der Waals surface area contributed by atoms with Crippen molar-refractivity contribution in [2.45, 2.75) is 12.8 Å². The third-order valence-corrected chi connectivity index (χ3v) is 3.59. The minimum absolute atomic E-state index is 0.139. The van der Waals surface area contributed by atoms with Gasteiger partial charge in [-0.3, -0.25) is 0 Å². The van der Waals surface area contributed by atoms with Gasteiger partial charge >= 0.3 is 0 Å². The third-order valence-electron chi connectivity index (χ3n) is 3.59. The second kappa shape index (κ2) is 7.55. The average Bonchev–Trinajstić information content (AvgIpc) is 2.59. The minimum atomic E-state index is 0.139. The molecule has 0 aliphatic rings. The Labute approximate surface area is 132 Å². The Bertz CT molecular complexity index is 607. The van der Waals surface area contributed by atoms with Gasteiger partial charge in [-0.05, 0) is 30.2 Å². The molecule has 2 aromatic carbocycles. The Morgan fingerprint density at radius 1 is 0.818 bits per heavy atom. The summed E-state index contributed by atoms with van der Waals surface area (Å²) in [5, 5.41) is 0. The van der Waals surface area contributed by atoms with E-state index >= 15 is 0 Å². The second-order valence-corrected chi connectivity index (χ2v) is 4.87. The van der Waals surface area contributed by atoms with E-state index in [0.29, 0.717) is 17.2 Å². The van der Waals surface area contributed by atoms with Crippen LogP contribution in [-0.4, -0.2) is 21.3 Å². The lowest BCUT2D eigenvalue weighted by atomic mass is 9.90. The molecule has 0 saturated carbocycles. The molecule has 0 N–H and O–H groups in total. The van der Waals surface area contributed by atoms with Crippen LogP contribution in [0.15, 0.2) is 54.6 Å². The van der Waals surface area contributed by atoms with Crippen molar-refractivity contribution < 1.29 is 14.2 Å². The summed E-state index contributed by atoms with van der Waals surface area (Å²) in [5.74, 6) is 2.09. The van der Waals surface area contributed by atoms with E-state index in [0.717, 1.165) is 5.56 Å². The molecule has 0 aliphatic heterocycles. The molecule has 0 fully saturated rings. The summed E-state index contributed by atoms with van der Waals surface area (Å²) in [4.78, 5) is 0. The Kier molecular flexibility index (Phi) is 5.48. The van der Waals surface area contributed by atoms with Gasteiger partial charge in [-0.15, -0.1) is 0 Å². The zero-order chi connectivity index (χ0) is 15.9. The van der Waals surface area contributed by atoms with Crippen LogP contribution in [-0.2, 0) is 0 Å². The fourth-order valence-corrected chi connectivity index (χ4v) is 2.55. The summed E-state index contributed by atoms with van der Waals surface area (Å²) >= 11 is 0. The molecule has 0 spiro atoms. The van der Waals surface area contributed by atoms with E-state index in [1.807, 2.05) is 37.3 Å². The molecular formula is C19H22O3. The first kappa shape index (κ1) is 16.0. The highest BCUT2D eigenvalue weighted by Gasteiger charge is 2.18. The summed E-state index contributed by atoms with van der Waals surface area (Å²) in [6.45, 7) is 2.02. The molecule has 116 valence electrons. The summed E-state index contributed by atoms with van der Waals surface area (Å²) in [5.41, 5.74) is 2.31. The smallest absolute Gasteiger partial charge is 0.203 e. The molecule has 0 heterocycles. The van der Waals surface area contributed by atoms with E-state index in [9.17, 15) is 0 Å². The van der Waals surface area contributed by atoms with Crippen LogP contribution < -0.4 is 14.2 Å². The van der Waals surface area contributed by atoms with Gasteiger partial charge in [0, 0.05) is 5.92 Å². The molecular weight excluding hydrogens is 276 g/mol. The highest BCUT2D eigenvalue weighted by Crippen LogP contribution is 2.41. The SMILES string of the molecule is CC=CC(c1ccccc1)c1cc(OC)c(OC)c(OC)c1. The van der Waals surface area contributed by atoms with Crippen LogP contribution in [0.3, 0.4) is 0 Å². The molecule has 0 radical (unpaired) electrons. The number of hydrogen-bond donors (Lipinski definition) is 0. The summed E-state index contributed by atoms with van der Waals surface area (Å²) < 4.78 is 16.3. The highest BCUT2D eigenvalue weighted by molar-refractivity contribution is 5.56. The Balaban J connectivity index is 2.57. The van der Waals surface area contributed by atoms with Gasteiger partial charge in [0.05, 0.1) is 21.3 Å². The Morgan fingerprint density at radius 2 is 1.41 bits per heavy atom. The van der Waals surface area contributed by atoms with Gasteiger partial charge in [0.15, 0.2) is 11.5 Å². The number of hydrogen-bond acceptors (Lipinski definition) is 3. The van der Waals surface area contributed by atoms with Crippen molar-refractivity contribution >= 4 is 0 Å². The summed E-state index contributed by atoms with van der Waals surface area (Å²) in [6, 6.07) is 14.3. The van der Waals surface area contributed by atoms with Gasteiger partial charge in [0.2, 0.25) is 5.75 Å². The van der Waals surface area contributed by atoms with Gasteiger partial charge in [0.25, 0.3) is 0 Å². The van der Waals surface area contributed by atoms with Gasteiger partial charge in [0.1, 0.15) is 0 Å². The standard InChI is InChI=1S/C19H22O3/c1-5-9-16(14-10-7-6-8-11-14)15-12-17(20-2)19(22-4)18(13-15)21-3/h5-13,16H,1-4H3. The lowest BCUT2D eigenvalue weighted by molar-refractivity contribution is 0.323. The number of benzene rings is 2. The van der Waals surface area contributed by atoms with E-state index in [1.165, 1.54) is 5.56 Å². The maximum atomic E-state index is 5.45. The Hall–Kier alpha value is -2.42. The molecule has 2 aromatic rings. The van der Waals surface area contributed by atoms with Crippen molar-refractivity contribution in [1.82, 2.24) is 0 Å². The molecule has 0 amide bonds. The van der Waals surface area contributed by atoms with Crippen molar-refractivity contribution in [2.75, 3.05) is 21.3 Å². The van der Waals surface area contributed by atoms with E-state index < -0.39 is 0 Å². The topological polar surface area (TPSA) is 27.7 Å². The first-order chi connectivity index (χ1) is 10.7. The molecule has 2 rings (SSSR count).